The van der Waals surface area contributed by atoms with Gasteiger partial charge in [0.2, 0.25) is 0 Å². The van der Waals surface area contributed by atoms with Crippen LogP contribution in [0.15, 0.2) is 59.4 Å². The molecule has 1 N–H and O–H groups in total. The molecule has 2 aromatic carbocycles. The molecular weight excluding hydrogens is 394 g/mol. The first-order valence-electron chi connectivity index (χ1n) is 9.31. The van der Waals surface area contributed by atoms with E-state index >= 15 is 0 Å². The zero-order valence-electron chi connectivity index (χ0n) is 15.8. The summed E-state index contributed by atoms with van der Waals surface area (Å²) in [5.41, 5.74) is 0.503. The van der Waals surface area contributed by atoms with E-state index in [0.29, 0.717) is 37.7 Å². The Bertz CT molecular complexity index is 1130. The van der Waals surface area contributed by atoms with Crippen molar-refractivity contribution in [3.05, 3.63) is 82.3 Å². The van der Waals surface area contributed by atoms with E-state index in [1.165, 1.54) is 42.5 Å². The third kappa shape index (κ3) is 4.20. The number of hydrogen-bond acceptors (Lipinski definition) is 5. The number of halogens is 2. The van der Waals surface area contributed by atoms with Crippen LogP contribution in [0.1, 0.15) is 10.5 Å². The average molecular weight is 412 g/mol. The van der Waals surface area contributed by atoms with Gasteiger partial charge in [0.1, 0.15) is 17.3 Å². The van der Waals surface area contributed by atoms with Crippen LogP contribution in [0, 0.1) is 11.6 Å². The Morgan fingerprint density at radius 2 is 1.73 bits per heavy atom. The minimum atomic E-state index is -0.607. The largest absolute Gasteiger partial charge is 0.378 e. The Morgan fingerprint density at radius 3 is 2.43 bits per heavy atom. The van der Waals surface area contributed by atoms with Crippen LogP contribution < -0.4 is 15.8 Å². The van der Waals surface area contributed by atoms with Crippen molar-refractivity contribution in [1.82, 2.24) is 9.78 Å². The number of benzene rings is 2. The minimum Gasteiger partial charge on any atom is -0.378 e. The highest BCUT2D eigenvalue weighted by atomic mass is 19.1. The molecule has 0 atom stereocenters. The predicted octanol–water partition coefficient (Wildman–Crippen LogP) is 2.60. The molecule has 1 aliphatic heterocycles. The van der Waals surface area contributed by atoms with Gasteiger partial charge in [-0.05, 0) is 48.5 Å². The van der Waals surface area contributed by atoms with Gasteiger partial charge in [0.05, 0.1) is 24.6 Å². The van der Waals surface area contributed by atoms with Gasteiger partial charge in [-0.1, -0.05) is 0 Å². The van der Waals surface area contributed by atoms with Crippen molar-refractivity contribution in [2.24, 2.45) is 0 Å². The lowest BCUT2D eigenvalue weighted by Crippen LogP contribution is -2.36. The highest BCUT2D eigenvalue weighted by molar-refractivity contribution is 6.02. The summed E-state index contributed by atoms with van der Waals surface area (Å²) >= 11 is 0. The summed E-state index contributed by atoms with van der Waals surface area (Å²) < 4.78 is 33.9. The Balaban J connectivity index is 1.54. The molecule has 30 heavy (non-hydrogen) atoms. The van der Waals surface area contributed by atoms with Crippen LogP contribution in [0.5, 0.6) is 0 Å². The zero-order valence-corrected chi connectivity index (χ0v) is 15.8. The van der Waals surface area contributed by atoms with Crippen molar-refractivity contribution in [3.8, 4) is 5.69 Å². The second kappa shape index (κ2) is 8.42. The zero-order chi connectivity index (χ0) is 21.1. The van der Waals surface area contributed by atoms with Gasteiger partial charge < -0.3 is 15.0 Å². The monoisotopic (exact) mass is 412 g/mol. The van der Waals surface area contributed by atoms with Crippen molar-refractivity contribution < 1.29 is 18.3 Å². The molecule has 1 aromatic heterocycles. The van der Waals surface area contributed by atoms with E-state index < -0.39 is 23.1 Å². The van der Waals surface area contributed by atoms with Crippen molar-refractivity contribution in [2.75, 3.05) is 36.5 Å². The molecule has 1 aliphatic rings. The standard InChI is InChI=1S/C21H18F2N4O3/c22-14-1-4-16(5-2-14)27-20(28)8-6-18(25-27)21(29)24-15-3-7-19(17(23)13-15)26-9-11-30-12-10-26/h1-8,13H,9-12H2,(H,24,29). The fourth-order valence-corrected chi connectivity index (χ4v) is 3.14. The molecule has 0 spiro atoms. The Labute approximate surface area is 170 Å². The number of hydrogen-bond donors (Lipinski definition) is 1. The van der Waals surface area contributed by atoms with E-state index in [2.05, 4.69) is 10.4 Å². The molecular formula is C21H18F2N4O3. The van der Waals surface area contributed by atoms with Crippen molar-refractivity contribution in [2.45, 2.75) is 0 Å². The SMILES string of the molecule is O=C(Nc1ccc(N2CCOCC2)c(F)c1)c1ccc(=O)n(-c2ccc(F)cc2)n1. The lowest BCUT2D eigenvalue weighted by molar-refractivity contribution is 0.102. The number of nitrogens with zero attached hydrogens (tertiary/aromatic N) is 3. The van der Waals surface area contributed by atoms with E-state index in [-0.39, 0.29) is 11.4 Å². The third-order valence-electron chi connectivity index (χ3n) is 4.66. The number of carbonyl (C=O) groups excluding carboxylic acids is 1. The number of aromatic nitrogens is 2. The quantitative estimate of drug-likeness (QED) is 0.713. The Kier molecular flexibility index (Phi) is 5.53. The maximum Gasteiger partial charge on any atom is 0.276 e. The first-order valence-corrected chi connectivity index (χ1v) is 9.31. The van der Waals surface area contributed by atoms with Crippen LogP contribution in [0.25, 0.3) is 5.69 Å². The van der Waals surface area contributed by atoms with Gasteiger partial charge in [-0.3, -0.25) is 9.59 Å². The van der Waals surface area contributed by atoms with Crippen LogP contribution in [0.3, 0.4) is 0 Å². The van der Waals surface area contributed by atoms with Gasteiger partial charge in [0.15, 0.2) is 0 Å². The van der Waals surface area contributed by atoms with Crippen LogP contribution in [-0.2, 0) is 4.74 Å². The van der Waals surface area contributed by atoms with Gasteiger partial charge in [-0.25, -0.2) is 8.78 Å². The van der Waals surface area contributed by atoms with E-state index in [1.807, 2.05) is 4.90 Å². The molecule has 0 saturated carbocycles. The molecule has 4 rings (SSSR count). The lowest BCUT2D eigenvalue weighted by Gasteiger charge is -2.29. The maximum atomic E-state index is 14.5. The molecule has 1 saturated heterocycles. The summed E-state index contributed by atoms with van der Waals surface area (Å²) in [6.07, 6.45) is 0. The van der Waals surface area contributed by atoms with Gasteiger partial charge >= 0.3 is 0 Å². The highest BCUT2D eigenvalue weighted by Gasteiger charge is 2.17. The summed E-state index contributed by atoms with van der Waals surface area (Å²) in [5.74, 6) is -1.52. The number of anilines is 2. The summed E-state index contributed by atoms with van der Waals surface area (Å²) in [6.45, 7) is 2.26. The molecule has 9 heteroatoms. The predicted molar refractivity (Wildman–Crippen MR) is 107 cm³/mol. The molecule has 1 amide bonds. The van der Waals surface area contributed by atoms with Crippen molar-refractivity contribution in [1.29, 1.82) is 0 Å². The molecule has 0 bridgehead atoms. The second-order valence-corrected chi connectivity index (χ2v) is 6.66. The number of rotatable bonds is 4. The molecule has 2 heterocycles. The van der Waals surface area contributed by atoms with Crippen LogP contribution in [0.4, 0.5) is 20.2 Å². The molecule has 1 fully saturated rings. The first kappa shape index (κ1) is 19.7. The molecule has 3 aromatic rings. The van der Waals surface area contributed by atoms with Crippen molar-refractivity contribution in [3.63, 3.8) is 0 Å². The normalized spacial score (nSPS) is 13.9. The van der Waals surface area contributed by atoms with E-state index in [0.717, 1.165) is 4.68 Å². The minimum absolute atomic E-state index is 0.0448. The van der Waals surface area contributed by atoms with Gasteiger partial charge in [0, 0.05) is 24.8 Å². The van der Waals surface area contributed by atoms with E-state index in [1.54, 1.807) is 12.1 Å². The first-order chi connectivity index (χ1) is 14.5. The highest BCUT2D eigenvalue weighted by Crippen LogP contribution is 2.24. The van der Waals surface area contributed by atoms with Gasteiger partial charge in [-0.2, -0.15) is 9.78 Å². The Hall–Kier alpha value is -3.59. The van der Waals surface area contributed by atoms with E-state index in [9.17, 15) is 18.4 Å². The number of ether oxygens (including phenoxy) is 1. The number of amides is 1. The topological polar surface area (TPSA) is 76.5 Å². The molecule has 7 nitrogen and oxygen atoms in total. The maximum absolute atomic E-state index is 14.5. The number of morpholine rings is 1. The third-order valence-corrected chi connectivity index (χ3v) is 4.66. The molecule has 0 aliphatic carbocycles. The van der Waals surface area contributed by atoms with Crippen LogP contribution in [0.2, 0.25) is 0 Å². The summed E-state index contributed by atoms with van der Waals surface area (Å²) in [4.78, 5) is 26.5. The fraction of sp³-hybridized carbons (Fsp3) is 0.190. The second-order valence-electron chi connectivity index (χ2n) is 6.66. The smallest absolute Gasteiger partial charge is 0.276 e. The van der Waals surface area contributed by atoms with E-state index in [4.69, 9.17) is 4.74 Å². The molecule has 0 radical (unpaired) electrons. The lowest BCUT2D eigenvalue weighted by atomic mass is 10.2. The van der Waals surface area contributed by atoms with Crippen molar-refractivity contribution >= 4 is 17.3 Å². The Morgan fingerprint density at radius 1 is 1.00 bits per heavy atom. The molecule has 154 valence electrons. The summed E-state index contributed by atoms with van der Waals surface area (Å²) in [7, 11) is 0. The fourth-order valence-electron chi connectivity index (χ4n) is 3.14. The number of nitrogens with one attached hydrogen (secondary N) is 1. The average Bonchev–Trinajstić information content (AvgIpc) is 2.75. The van der Waals surface area contributed by atoms with Crippen LogP contribution in [-0.4, -0.2) is 42.0 Å². The molecule has 0 unspecified atom stereocenters. The summed E-state index contributed by atoms with van der Waals surface area (Å²) in [5, 5.41) is 6.61. The summed E-state index contributed by atoms with van der Waals surface area (Å²) in [6, 6.07) is 12.0. The van der Waals surface area contributed by atoms with Crippen LogP contribution >= 0.6 is 0 Å². The van der Waals surface area contributed by atoms with Gasteiger partial charge in [-0.15, -0.1) is 0 Å². The van der Waals surface area contributed by atoms with Gasteiger partial charge in [0.25, 0.3) is 11.5 Å². The number of carbonyl (C=O) groups is 1.